The zero-order valence-electron chi connectivity index (χ0n) is 18.3. The molecule has 1 aliphatic rings. The van der Waals surface area contributed by atoms with Gasteiger partial charge in [0.1, 0.15) is 5.82 Å². The lowest BCUT2D eigenvalue weighted by atomic mass is 10.1. The molecule has 0 unspecified atom stereocenters. The van der Waals surface area contributed by atoms with Gasteiger partial charge in [0.15, 0.2) is 0 Å². The number of carbonyl (C=O) groups excluding carboxylic acids is 2. The van der Waals surface area contributed by atoms with Crippen molar-refractivity contribution in [1.82, 2.24) is 14.5 Å². The van der Waals surface area contributed by atoms with Crippen molar-refractivity contribution < 1.29 is 22.4 Å². The van der Waals surface area contributed by atoms with Gasteiger partial charge in [0.2, 0.25) is 21.8 Å². The van der Waals surface area contributed by atoms with E-state index in [1.165, 1.54) is 44.2 Å². The maximum Gasteiger partial charge on any atom is 0.241 e. The highest BCUT2D eigenvalue weighted by atomic mass is 35.5. The van der Waals surface area contributed by atoms with Crippen LogP contribution >= 0.6 is 11.6 Å². The number of anilines is 1. The summed E-state index contributed by atoms with van der Waals surface area (Å²) >= 11 is 6.10. The van der Waals surface area contributed by atoms with Crippen molar-refractivity contribution in [2.45, 2.75) is 31.3 Å². The summed E-state index contributed by atoms with van der Waals surface area (Å²) in [4.78, 5) is 27.5. The van der Waals surface area contributed by atoms with E-state index in [1.807, 2.05) is 4.90 Å². The Bertz CT molecular complexity index is 1100. The molecule has 0 saturated carbocycles. The average molecular weight is 497 g/mol. The van der Waals surface area contributed by atoms with Gasteiger partial charge in [0, 0.05) is 55.9 Å². The zero-order valence-corrected chi connectivity index (χ0v) is 19.9. The average Bonchev–Trinajstić information content (AvgIpc) is 2.76. The number of hydrogen-bond donors (Lipinski definition) is 2. The van der Waals surface area contributed by atoms with Crippen molar-refractivity contribution in [3.8, 4) is 0 Å². The first-order valence-corrected chi connectivity index (χ1v) is 12.3. The van der Waals surface area contributed by atoms with Gasteiger partial charge in [-0.1, -0.05) is 17.7 Å². The van der Waals surface area contributed by atoms with E-state index in [9.17, 15) is 22.4 Å². The molecule has 3 rings (SSSR count). The highest BCUT2D eigenvalue weighted by Gasteiger charge is 2.28. The molecule has 33 heavy (non-hydrogen) atoms. The summed E-state index contributed by atoms with van der Waals surface area (Å²) in [6.45, 7) is 5.00. The van der Waals surface area contributed by atoms with E-state index < -0.39 is 16.1 Å². The lowest BCUT2D eigenvalue weighted by molar-refractivity contribution is -0.134. The first kappa shape index (κ1) is 25.1. The summed E-state index contributed by atoms with van der Waals surface area (Å²) < 4.78 is 41.8. The molecule has 178 valence electrons. The van der Waals surface area contributed by atoms with Gasteiger partial charge in [0.25, 0.3) is 0 Å². The molecule has 0 radical (unpaired) electrons. The highest BCUT2D eigenvalue weighted by molar-refractivity contribution is 7.89. The van der Waals surface area contributed by atoms with Gasteiger partial charge in [-0.15, -0.1) is 0 Å². The maximum atomic E-state index is 14.0. The third-order valence-electron chi connectivity index (χ3n) is 5.31. The Hall–Kier alpha value is -2.53. The van der Waals surface area contributed by atoms with Gasteiger partial charge >= 0.3 is 0 Å². The minimum absolute atomic E-state index is 0.0113. The maximum absolute atomic E-state index is 14.0. The standard InChI is InChI=1S/C22H26ClFN4O4S/c1-15(26-33(31,32)18-8-6-17(7-9-18)25-16(2)29)22(30)28-12-10-27(11-13-28)14-19-20(23)4-3-5-21(19)24/h3-9,15,26H,10-14H2,1-2H3,(H,25,29)/t15-/m0/s1. The van der Waals surface area contributed by atoms with Crippen LogP contribution < -0.4 is 10.0 Å². The van der Waals surface area contributed by atoms with Crippen LogP contribution in [0.3, 0.4) is 0 Å². The van der Waals surface area contributed by atoms with E-state index in [0.29, 0.717) is 49.0 Å². The monoisotopic (exact) mass is 496 g/mol. The lowest BCUT2D eigenvalue weighted by Gasteiger charge is -2.36. The quantitative estimate of drug-likeness (QED) is 0.613. The van der Waals surface area contributed by atoms with Crippen LogP contribution in [0.5, 0.6) is 0 Å². The Morgan fingerprint density at radius 3 is 2.30 bits per heavy atom. The molecule has 2 amide bonds. The van der Waals surface area contributed by atoms with E-state index in [-0.39, 0.29) is 22.5 Å². The van der Waals surface area contributed by atoms with Crippen molar-refractivity contribution in [2.75, 3.05) is 31.5 Å². The summed E-state index contributed by atoms with van der Waals surface area (Å²) in [6.07, 6.45) is 0. The van der Waals surface area contributed by atoms with Crippen molar-refractivity contribution >= 4 is 39.1 Å². The molecular weight excluding hydrogens is 471 g/mol. The molecular formula is C22H26ClFN4O4S. The van der Waals surface area contributed by atoms with Crippen LogP contribution in [-0.4, -0.2) is 62.3 Å². The van der Waals surface area contributed by atoms with Gasteiger partial charge < -0.3 is 10.2 Å². The van der Waals surface area contributed by atoms with Gasteiger partial charge in [0.05, 0.1) is 10.9 Å². The van der Waals surface area contributed by atoms with Crippen molar-refractivity contribution in [1.29, 1.82) is 0 Å². The minimum Gasteiger partial charge on any atom is -0.339 e. The third-order valence-corrected chi connectivity index (χ3v) is 7.23. The van der Waals surface area contributed by atoms with E-state index in [1.54, 1.807) is 17.0 Å². The fourth-order valence-electron chi connectivity index (χ4n) is 3.58. The second-order valence-electron chi connectivity index (χ2n) is 7.85. The minimum atomic E-state index is -3.93. The lowest BCUT2D eigenvalue weighted by Crippen LogP contribution is -2.53. The van der Waals surface area contributed by atoms with E-state index in [2.05, 4.69) is 10.0 Å². The molecule has 0 spiro atoms. The summed E-state index contributed by atoms with van der Waals surface area (Å²) in [7, 11) is -3.93. The third kappa shape index (κ3) is 6.50. The van der Waals surface area contributed by atoms with Crippen LogP contribution in [0.15, 0.2) is 47.4 Å². The van der Waals surface area contributed by atoms with Gasteiger partial charge in [-0.2, -0.15) is 4.72 Å². The van der Waals surface area contributed by atoms with Crippen LogP contribution in [0.1, 0.15) is 19.4 Å². The number of sulfonamides is 1. The van der Waals surface area contributed by atoms with E-state index in [0.717, 1.165) is 0 Å². The van der Waals surface area contributed by atoms with Crippen LogP contribution in [0.25, 0.3) is 0 Å². The molecule has 1 saturated heterocycles. The number of halogens is 2. The normalized spacial score (nSPS) is 15.8. The van der Waals surface area contributed by atoms with Crippen molar-refractivity contribution in [3.05, 3.63) is 58.9 Å². The predicted octanol–water partition coefficient (Wildman–Crippen LogP) is 2.45. The number of piperazine rings is 1. The molecule has 11 heteroatoms. The van der Waals surface area contributed by atoms with Crippen molar-refractivity contribution in [2.24, 2.45) is 0 Å². The number of nitrogens with zero attached hydrogens (tertiary/aromatic N) is 2. The van der Waals surface area contributed by atoms with Gasteiger partial charge in [-0.05, 0) is 43.3 Å². The molecule has 1 aliphatic heterocycles. The number of carbonyl (C=O) groups is 2. The second-order valence-corrected chi connectivity index (χ2v) is 9.97. The van der Waals surface area contributed by atoms with E-state index in [4.69, 9.17) is 11.6 Å². The van der Waals surface area contributed by atoms with Crippen LogP contribution in [0.2, 0.25) is 5.02 Å². The second kappa shape index (κ2) is 10.6. The summed E-state index contributed by atoms with van der Waals surface area (Å²) in [5.41, 5.74) is 0.893. The Morgan fingerprint density at radius 2 is 1.73 bits per heavy atom. The number of rotatable bonds is 7. The molecule has 0 aromatic heterocycles. The SMILES string of the molecule is CC(=O)Nc1ccc(S(=O)(=O)N[C@@H](C)C(=O)N2CCN(Cc3c(F)cccc3Cl)CC2)cc1. The fourth-order valence-corrected chi connectivity index (χ4v) is 5.00. The van der Waals surface area contributed by atoms with Crippen LogP contribution in [0.4, 0.5) is 10.1 Å². The number of benzene rings is 2. The molecule has 0 bridgehead atoms. The van der Waals surface area contributed by atoms with Crippen LogP contribution in [-0.2, 0) is 26.2 Å². The fraction of sp³-hybridized carbons (Fsp3) is 0.364. The zero-order chi connectivity index (χ0) is 24.2. The summed E-state index contributed by atoms with van der Waals surface area (Å²) in [5, 5.41) is 2.93. The smallest absolute Gasteiger partial charge is 0.241 e. The number of nitrogens with one attached hydrogen (secondary N) is 2. The molecule has 2 N–H and O–H groups in total. The first-order chi connectivity index (χ1) is 15.6. The molecule has 0 aliphatic carbocycles. The highest BCUT2D eigenvalue weighted by Crippen LogP contribution is 2.21. The molecule has 2 aromatic rings. The number of hydrogen-bond acceptors (Lipinski definition) is 5. The molecule has 2 aromatic carbocycles. The van der Waals surface area contributed by atoms with Crippen LogP contribution in [0, 0.1) is 5.82 Å². The molecule has 1 heterocycles. The summed E-state index contributed by atoms with van der Waals surface area (Å²) in [5.74, 6) is -0.966. The number of amides is 2. The Morgan fingerprint density at radius 1 is 1.09 bits per heavy atom. The topological polar surface area (TPSA) is 98.8 Å². The van der Waals surface area contributed by atoms with Gasteiger partial charge in [-0.3, -0.25) is 14.5 Å². The largest absolute Gasteiger partial charge is 0.339 e. The van der Waals surface area contributed by atoms with E-state index >= 15 is 0 Å². The Balaban J connectivity index is 1.55. The van der Waals surface area contributed by atoms with Gasteiger partial charge in [-0.25, -0.2) is 12.8 Å². The Labute approximate surface area is 197 Å². The Kier molecular flexibility index (Phi) is 8.06. The summed E-state index contributed by atoms with van der Waals surface area (Å²) in [6, 6.07) is 9.26. The van der Waals surface area contributed by atoms with Crippen molar-refractivity contribution in [3.63, 3.8) is 0 Å². The molecule has 8 nitrogen and oxygen atoms in total. The molecule has 1 fully saturated rings. The first-order valence-electron chi connectivity index (χ1n) is 10.4. The molecule has 1 atom stereocenters. The predicted molar refractivity (Wildman–Crippen MR) is 124 cm³/mol.